The van der Waals surface area contributed by atoms with Gasteiger partial charge in [-0.3, -0.25) is 9.59 Å². The monoisotopic (exact) mass is 508 g/mol. The Kier molecular flexibility index (Phi) is 7.28. The summed E-state index contributed by atoms with van der Waals surface area (Å²) in [6.45, 7) is 2.95. The van der Waals surface area contributed by atoms with Gasteiger partial charge in [-0.25, -0.2) is 0 Å². The predicted molar refractivity (Wildman–Crippen MR) is 148 cm³/mol. The largest absolute Gasteiger partial charge is 0.497 e. The fourth-order valence-electron chi connectivity index (χ4n) is 4.35. The number of methoxy groups -OCH3 is 1. The van der Waals surface area contributed by atoms with Crippen LogP contribution in [0.1, 0.15) is 37.4 Å². The third-order valence-corrected chi connectivity index (χ3v) is 7.53. The number of aryl methyl sites for hydroxylation is 1. The zero-order chi connectivity index (χ0) is 25.8. The van der Waals surface area contributed by atoms with Crippen molar-refractivity contribution in [2.75, 3.05) is 18.6 Å². The average molecular weight is 509 g/mol. The van der Waals surface area contributed by atoms with E-state index in [9.17, 15) is 9.59 Å². The van der Waals surface area contributed by atoms with E-state index in [4.69, 9.17) is 4.74 Å². The first-order valence-electron chi connectivity index (χ1n) is 12.2. The first-order chi connectivity index (χ1) is 18.0. The molecule has 0 atom stereocenters. The van der Waals surface area contributed by atoms with E-state index in [1.54, 1.807) is 23.8 Å². The van der Waals surface area contributed by atoms with Gasteiger partial charge in [0.1, 0.15) is 5.75 Å². The van der Waals surface area contributed by atoms with Gasteiger partial charge in [-0.2, -0.15) is 0 Å². The molecule has 0 saturated carbocycles. The molecule has 4 aromatic rings. The third kappa shape index (κ3) is 5.54. The molecule has 1 N–H and O–H groups in total. The van der Waals surface area contributed by atoms with Gasteiger partial charge < -0.3 is 15.0 Å². The minimum atomic E-state index is -0.157. The van der Waals surface area contributed by atoms with Crippen LogP contribution in [0.15, 0.2) is 101 Å². The highest BCUT2D eigenvalue weighted by Crippen LogP contribution is 2.42. The highest BCUT2D eigenvalue weighted by Gasteiger charge is 2.28. The summed E-state index contributed by atoms with van der Waals surface area (Å²) in [7, 11) is 1.63. The molecule has 0 radical (unpaired) electrons. The first kappa shape index (κ1) is 24.7. The highest BCUT2D eigenvalue weighted by molar-refractivity contribution is 7.99. The Labute approximate surface area is 221 Å². The van der Waals surface area contributed by atoms with Crippen molar-refractivity contribution < 1.29 is 14.3 Å². The lowest BCUT2D eigenvalue weighted by molar-refractivity contribution is 0.0950. The van der Waals surface area contributed by atoms with E-state index in [2.05, 4.69) is 36.5 Å². The molecule has 2 amide bonds. The van der Waals surface area contributed by atoms with Crippen molar-refractivity contribution in [2.45, 2.75) is 29.7 Å². The summed E-state index contributed by atoms with van der Waals surface area (Å²) in [6.07, 6.45) is 0.753. The van der Waals surface area contributed by atoms with Gasteiger partial charge in [0.2, 0.25) is 0 Å². The van der Waals surface area contributed by atoms with E-state index in [0.717, 1.165) is 33.2 Å². The molecule has 0 unspecified atom stereocenters. The van der Waals surface area contributed by atoms with Gasteiger partial charge in [-0.15, -0.1) is 0 Å². The molecule has 0 saturated heterocycles. The second kappa shape index (κ2) is 10.9. The number of hydrogen-bond acceptors (Lipinski definition) is 4. The smallest absolute Gasteiger partial charge is 0.259 e. The van der Waals surface area contributed by atoms with Crippen molar-refractivity contribution >= 4 is 29.3 Å². The van der Waals surface area contributed by atoms with E-state index >= 15 is 0 Å². The summed E-state index contributed by atoms with van der Waals surface area (Å²) in [6, 6.07) is 29.2. The zero-order valence-electron chi connectivity index (χ0n) is 20.9. The number of nitrogens with zero attached hydrogens (tertiary/aromatic N) is 1. The molecule has 1 aliphatic rings. The van der Waals surface area contributed by atoms with Crippen LogP contribution in [0.4, 0.5) is 5.69 Å². The minimum absolute atomic E-state index is 0.0957. The van der Waals surface area contributed by atoms with Gasteiger partial charge in [0.05, 0.1) is 24.9 Å². The molecule has 0 spiro atoms. The van der Waals surface area contributed by atoms with Gasteiger partial charge in [0, 0.05) is 21.9 Å². The van der Waals surface area contributed by atoms with Crippen LogP contribution in [-0.4, -0.2) is 25.5 Å². The Hall–Kier alpha value is -4.03. The molecule has 37 heavy (non-hydrogen) atoms. The van der Waals surface area contributed by atoms with Crippen LogP contribution in [0, 0.1) is 6.92 Å². The average Bonchev–Trinajstić information content (AvgIpc) is 3.04. The number of ether oxygens (including phenoxy) is 1. The van der Waals surface area contributed by atoms with Gasteiger partial charge >= 0.3 is 0 Å². The Morgan fingerprint density at radius 2 is 1.70 bits per heavy atom. The van der Waals surface area contributed by atoms with Crippen LogP contribution < -0.4 is 15.0 Å². The minimum Gasteiger partial charge on any atom is -0.497 e. The lowest BCUT2D eigenvalue weighted by Crippen LogP contribution is -2.31. The maximum Gasteiger partial charge on any atom is 0.259 e. The van der Waals surface area contributed by atoms with Crippen LogP contribution in [0.2, 0.25) is 0 Å². The molecule has 6 heteroatoms. The van der Waals surface area contributed by atoms with E-state index < -0.39 is 0 Å². The number of benzene rings is 4. The highest BCUT2D eigenvalue weighted by atomic mass is 32.2. The molecule has 186 valence electrons. The summed E-state index contributed by atoms with van der Waals surface area (Å²) in [4.78, 5) is 30.4. The van der Waals surface area contributed by atoms with E-state index in [1.807, 2.05) is 66.7 Å². The molecule has 0 aliphatic carbocycles. The Morgan fingerprint density at radius 1 is 0.892 bits per heavy atom. The lowest BCUT2D eigenvalue weighted by atomic mass is 10.1. The second-order valence-electron chi connectivity index (χ2n) is 9.02. The third-order valence-electron chi connectivity index (χ3n) is 6.39. The Morgan fingerprint density at radius 3 is 2.51 bits per heavy atom. The van der Waals surface area contributed by atoms with Crippen LogP contribution >= 0.6 is 11.8 Å². The fraction of sp³-hybridized carbons (Fsp3) is 0.161. The predicted octanol–water partition coefficient (Wildman–Crippen LogP) is 6.29. The molecule has 1 heterocycles. The number of rotatable bonds is 7. The van der Waals surface area contributed by atoms with Crippen molar-refractivity contribution in [3.8, 4) is 5.75 Å². The normalized spacial score (nSPS) is 12.4. The number of carbonyl (C=O) groups excluding carboxylic acids is 2. The Balaban J connectivity index is 1.43. The van der Waals surface area contributed by atoms with Crippen LogP contribution in [0.3, 0.4) is 0 Å². The van der Waals surface area contributed by atoms with Crippen molar-refractivity contribution in [1.29, 1.82) is 0 Å². The van der Waals surface area contributed by atoms with E-state index in [-0.39, 0.29) is 11.8 Å². The number of amides is 2. The quantitative estimate of drug-likeness (QED) is 0.319. The maximum absolute atomic E-state index is 13.8. The number of fused-ring (bicyclic) bond motifs is 2. The van der Waals surface area contributed by atoms with Crippen LogP contribution in [0.25, 0.3) is 0 Å². The number of nitrogens with one attached hydrogen (secondary N) is 1. The van der Waals surface area contributed by atoms with Crippen LogP contribution in [0.5, 0.6) is 5.75 Å². The van der Waals surface area contributed by atoms with Crippen molar-refractivity contribution in [3.05, 3.63) is 119 Å². The summed E-state index contributed by atoms with van der Waals surface area (Å²) in [5, 5.41) is 3.03. The van der Waals surface area contributed by atoms with Gasteiger partial charge in [0.25, 0.3) is 11.8 Å². The second-order valence-corrected chi connectivity index (χ2v) is 10.1. The van der Waals surface area contributed by atoms with Crippen molar-refractivity contribution in [3.63, 3.8) is 0 Å². The molecule has 1 aliphatic heterocycles. The molecule has 0 bridgehead atoms. The Bertz CT molecular complexity index is 1450. The summed E-state index contributed by atoms with van der Waals surface area (Å²) in [5.41, 5.74) is 5.23. The number of hydrogen-bond donors (Lipinski definition) is 1. The fourth-order valence-corrected chi connectivity index (χ4v) is 5.41. The van der Waals surface area contributed by atoms with Gasteiger partial charge in [0.15, 0.2) is 0 Å². The summed E-state index contributed by atoms with van der Waals surface area (Å²) >= 11 is 1.55. The van der Waals surface area contributed by atoms with E-state index in [1.165, 1.54) is 11.1 Å². The van der Waals surface area contributed by atoms with Gasteiger partial charge in [-0.05, 0) is 66.9 Å². The standard InChI is InChI=1S/C31H28N2O3S/c1-21-10-12-22(13-11-21)16-17-32-30(34)24-14-15-29-27(19-24)33(20-23-6-5-7-25(18-23)36-2)31(35)26-8-3-4-9-28(26)37-29/h3-15,18-19H,16-17,20H2,1-2H3,(H,32,34). The van der Waals surface area contributed by atoms with Crippen molar-refractivity contribution in [2.24, 2.45) is 0 Å². The molecule has 0 fully saturated rings. The number of anilines is 1. The molecule has 5 nitrogen and oxygen atoms in total. The van der Waals surface area contributed by atoms with Crippen molar-refractivity contribution in [1.82, 2.24) is 5.32 Å². The topological polar surface area (TPSA) is 58.6 Å². The summed E-state index contributed by atoms with van der Waals surface area (Å²) < 4.78 is 5.39. The van der Waals surface area contributed by atoms with Crippen LogP contribution in [-0.2, 0) is 13.0 Å². The van der Waals surface area contributed by atoms with E-state index in [0.29, 0.717) is 24.2 Å². The lowest BCUT2D eigenvalue weighted by Gasteiger charge is -2.24. The SMILES string of the molecule is COc1cccc(CN2C(=O)c3ccccc3Sc3ccc(C(=O)NCCc4ccc(C)cc4)cc32)c1. The zero-order valence-corrected chi connectivity index (χ0v) is 21.7. The first-order valence-corrected chi connectivity index (χ1v) is 13.0. The molecule has 4 aromatic carbocycles. The molecule has 5 rings (SSSR count). The molecular formula is C31H28N2O3S. The number of carbonyl (C=O) groups is 2. The van der Waals surface area contributed by atoms with Gasteiger partial charge in [-0.1, -0.05) is 65.9 Å². The molecular weight excluding hydrogens is 480 g/mol. The molecule has 0 aromatic heterocycles. The summed E-state index contributed by atoms with van der Waals surface area (Å²) in [5.74, 6) is 0.480. The maximum atomic E-state index is 13.8.